The summed E-state index contributed by atoms with van der Waals surface area (Å²) in [6.45, 7) is 0. The number of halogens is 3. The van der Waals surface area contributed by atoms with Crippen molar-refractivity contribution in [3.8, 4) is 0 Å². The molecule has 0 aromatic heterocycles. The fraction of sp³-hybridized carbons (Fsp3) is 0.667. The largest absolute Gasteiger partial charge is 0.490 e. The topological polar surface area (TPSA) is 72.8 Å². The second-order valence-corrected chi connectivity index (χ2v) is 2.53. The Bertz CT molecular complexity index is 261. The fourth-order valence-corrected chi connectivity index (χ4v) is 0.828. The summed E-state index contributed by atoms with van der Waals surface area (Å²) in [7, 11) is 0. The number of aliphatic hydroxyl groups excluding tert-OH is 1. The third-order valence-electron chi connectivity index (χ3n) is 1.43. The van der Waals surface area contributed by atoms with Gasteiger partial charge in [0.15, 0.2) is 6.10 Å². The standard InChI is InChI=1S/C6H5F3O5/c7-6(8,9)5(12)13-2-1-3(10)14-4(2)11/h2,4,11H,1H2/t2-,4?/m1/s1. The van der Waals surface area contributed by atoms with Crippen LogP contribution in [0.5, 0.6) is 0 Å². The van der Waals surface area contributed by atoms with E-state index in [0.717, 1.165) is 0 Å². The van der Waals surface area contributed by atoms with Crippen molar-refractivity contribution in [3.05, 3.63) is 0 Å². The summed E-state index contributed by atoms with van der Waals surface area (Å²) in [6, 6.07) is 0. The quantitative estimate of drug-likeness (QED) is 0.608. The van der Waals surface area contributed by atoms with Crippen LogP contribution in [0.25, 0.3) is 0 Å². The minimum Gasteiger partial charge on any atom is -0.448 e. The minimum atomic E-state index is -5.15. The zero-order chi connectivity index (χ0) is 10.9. The van der Waals surface area contributed by atoms with E-state index in [1.807, 2.05) is 0 Å². The summed E-state index contributed by atoms with van der Waals surface area (Å²) in [5, 5.41) is 8.79. The van der Waals surface area contributed by atoms with Gasteiger partial charge in [-0.25, -0.2) is 4.79 Å². The fourth-order valence-electron chi connectivity index (χ4n) is 0.828. The number of hydrogen-bond donors (Lipinski definition) is 1. The molecule has 2 atom stereocenters. The first kappa shape index (κ1) is 10.8. The Hall–Kier alpha value is -1.31. The van der Waals surface area contributed by atoms with Gasteiger partial charge in [0.25, 0.3) is 0 Å². The van der Waals surface area contributed by atoms with Gasteiger partial charge in [-0.15, -0.1) is 0 Å². The molecule has 1 N–H and O–H groups in total. The molecular formula is C6H5F3O5. The van der Waals surface area contributed by atoms with Crippen LogP contribution >= 0.6 is 0 Å². The second-order valence-electron chi connectivity index (χ2n) is 2.53. The van der Waals surface area contributed by atoms with Crippen molar-refractivity contribution < 1.29 is 37.3 Å². The van der Waals surface area contributed by atoms with Crippen LogP contribution in [-0.4, -0.2) is 35.6 Å². The number of carbonyl (C=O) groups is 2. The molecular weight excluding hydrogens is 209 g/mol. The highest BCUT2D eigenvalue weighted by atomic mass is 19.4. The molecule has 1 aliphatic rings. The van der Waals surface area contributed by atoms with E-state index >= 15 is 0 Å². The second kappa shape index (κ2) is 3.45. The Morgan fingerprint density at radius 3 is 2.50 bits per heavy atom. The molecule has 14 heavy (non-hydrogen) atoms. The van der Waals surface area contributed by atoms with Crippen molar-refractivity contribution in [1.29, 1.82) is 0 Å². The highest BCUT2D eigenvalue weighted by Gasteiger charge is 2.46. The average Bonchev–Trinajstić information content (AvgIpc) is 2.28. The van der Waals surface area contributed by atoms with Crippen LogP contribution in [0.3, 0.4) is 0 Å². The number of alkyl halides is 3. The maximum absolute atomic E-state index is 11.6. The van der Waals surface area contributed by atoms with Crippen LogP contribution in [0.15, 0.2) is 0 Å². The molecule has 0 aromatic carbocycles. The number of esters is 2. The van der Waals surface area contributed by atoms with Gasteiger partial charge < -0.3 is 14.6 Å². The highest BCUT2D eigenvalue weighted by Crippen LogP contribution is 2.22. The van der Waals surface area contributed by atoms with Gasteiger partial charge in [0.1, 0.15) is 0 Å². The third-order valence-corrected chi connectivity index (χ3v) is 1.43. The summed E-state index contributed by atoms with van der Waals surface area (Å²) in [5.74, 6) is -3.38. The van der Waals surface area contributed by atoms with E-state index in [1.165, 1.54) is 0 Å². The Kier molecular flexibility index (Phi) is 2.65. The number of rotatable bonds is 1. The summed E-state index contributed by atoms with van der Waals surface area (Å²) >= 11 is 0. The minimum absolute atomic E-state index is 0.580. The first-order valence-corrected chi connectivity index (χ1v) is 3.46. The normalized spacial score (nSPS) is 27.3. The van der Waals surface area contributed by atoms with E-state index in [2.05, 4.69) is 9.47 Å². The lowest BCUT2D eigenvalue weighted by molar-refractivity contribution is -0.214. The molecule has 1 heterocycles. The average molecular weight is 214 g/mol. The molecule has 1 unspecified atom stereocenters. The molecule has 0 amide bonds. The Balaban J connectivity index is 2.53. The van der Waals surface area contributed by atoms with Gasteiger partial charge >= 0.3 is 18.1 Å². The lowest BCUT2D eigenvalue weighted by atomic mass is 10.3. The molecule has 1 rings (SSSR count). The molecule has 8 heteroatoms. The molecule has 1 aliphatic heterocycles. The first-order chi connectivity index (χ1) is 6.30. The van der Waals surface area contributed by atoms with Crippen molar-refractivity contribution in [2.75, 3.05) is 0 Å². The van der Waals surface area contributed by atoms with Crippen LogP contribution in [0, 0.1) is 0 Å². The number of cyclic esters (lactones) is 1. The van der Waals surface area contributed by atoms with E-state index in [9.17, 15) is 22.8 Å². The van der Waals surface area contributed by atoms with Gasteiger partial charge in [-0.2, -0.15) is 13.2 Å². The van der Waals surface area contributed by atoms with Gasteiger partial charge in [-0.1, -0.05) is 0 Å². The molecule has 5 nitrogen and oxygen atoms in total. The number of ether oxygens (including phenoxy) is 2. The lowest BCUT2D eigenvalue weighted by Gasteiger charge is -2.13. The van der Waals surface area contributed by atoms with Crippen molar-refractivity contribution in [2.24, 2.45) is 0 Å². The number of carbonyl (C=O) groups excluding carboxylic acids is 2. The predicted octanol–water partition coefficient (Wildman–Crippen LogP) is -0.274. The summed E-state index contributed by atoms with van der Waals surface area (Å²) in [5.41, 5.74) is 0. The maximum atomic E-state index is 11.6. The highest BCUT2D eigenvalue weighted by molar-refractivity contribution is 5.77. The van der Waals surface area contributed by atoms with Gasteiger partial charge in [0, 0.05) is 0 Å². The Labute approximate surface area is 75.4 Å². The number of hydrogen-bond acceptors (Lipinski definition) is 5. The molecule has 1 fully saturated rings. The van der Waals surface area contributed by atoms with Gasteiger partial charge in [0.05, 0.1) is 6.42 Å². The lowest BCUT2D eigenvalue weighted by Crippen LogP contribution is -2.33. The predicted molar refractivity (Wildman–Crippen MR) is 32.7 cm³/mol. The maximum Gasteiger partial charge on any atom is 0.490 e. The number of aliphatic hydroxyl groups is 1. The smallest absolute Gasteiger partial charge is 0.448 e. The van der Waals surface area contributed by atoms with E-state index < -0.39 is 36.9 Å². The van der Waals surface area contributed by atoms with Crippen molar-refractivity contribution in [2.45, 2.75) is 25.0 Å². The van der Waals surface area contributed by atoms with E-state index in [-0.39, 0.29) is 0 Å². The Morgan fingerprint density at radius 2 is 2.14 bits per heavy atom. The van der Waals surface area contributed by atoms with E-state index in [0.29, 0.717) is 0 Å². The van der Waals surface area contributed by atoms with Gasteiger partial charge in [0.2, 0.25) is 6.29 Å². The molecule has 0 saturated carbocycles. The van der Waals surface area contributed by atoms with Gasteiger partial charge in [-0.05, 0) is 0 Å². The van der Waals surface area contributed by atoms with Crippen LogP contribution in [0.1, 0.15) is 6.42 Å². The Morgan fingerprint density at radius 1 is 1.57 bits per heavy atom. The monoisotopic (exact) mass is 214 g/mol. The van der Waals surface area contributed by atoms with Crippen molar-refractivity contribution in [1.82, 2.24) is 0 Å². The summed E-state index contributed by atoms with van der Waals surface area (Å²) in [6.07, 6.45) is -9.14. The third kappa shape index (κ3) is 2.34. The van der Waals surface area contributed by atoms with Crippen molar-refractivity contribution in [3.63, 3.8) is 0 Å². The van der Waals surface area contributed by atoms with Crippen LogP contribution < -0.4 is 0 Å². The zero-order valence-corrected chi connectivity index (χ0v) is 6.58. The first-order valence-electron chi connectivity index (χ1n) is 3.46. The van der Waals surface area contributed by atoms with Crippen LogP contribution in [0.4, 0.5) is 13.2 Å². The van der Waals surface area contributed by atoms with E-state index in [1.54, 1.807) is 0 Å². The van der Waals surface area contributed by atoms with Gasteiger partial charge in [-0.3, -0.25) is 4.79 Å². The summed E-state index contributed by atoms with van der Waals surface area (Å²) in [4.78, 5) is 20.7. The molecule has 1 saturated heterocycles. The van der Waals surface area contributed by atoms with Crippen LogP contribution in [0.2, 0.25) is 0 Å². The molecule has 0 aliphatic carbocycles. The zero-order valence-electron chi connectivity index (χ0n) is 6.58. The molecule has 0 radical (unpaired) electrons. The SMILES string of the molecule is O=C1C[C@@H](OC(=O)C(F)(F)F)C(O)O1. The molecule has 0 bridgehead atoms. The van der Waals surface area contributed by atoms with Crippen LogP contribution in [-0.2, 0) is 19.1 Å². The van der Waals surface area contributed by atoms with Crippen molar-refractivity contribution >= 4 is 11.9 Å². The van der Waals surface area contributed by atoms with E-state index in [4.69, 9.17) is 5.11 Å². The molecule has 80 valence electrons. The molecule has 0 aromatic rings. The molecule has 0 spiro atoms. The summed E-state index contributed by atoms with van der Waals surface area (Å²) < 4.78 is 42.8.